The molecule has 5 heteroatoms. The highest BCUT2D eigenvalue weighted by Gasteiger charge is 2.08. The van der Waals surface area contributed by atoms with Crippen molar-refractivity contribution in [1.82, 2.24) is 4.98 Å². The third-order valence-electron chi connectivity index (χ3n) is 3.01. The quantitative estimate of drug-likeness (QED) is 0.762. The second-order valence-corrected chi connectivity index (χ2v) is 5.42. The van der Waals surface area contributed by atoms with Gasteiger partial charge >= 0.3 is 0 Å². The van der Waals surface area contributed by atoms with Crippen LogP contribution >= 0.6 is 15.9 Å². The van der Waals surface area contributed by atoms with Crippen LogP contribution in [0, 0.1) is 5.82 Å². The summed E-state index contributed by atoms with van der Waals surface area (Å²) in [7, 11) is 0. The number of hydrogen-bond acceptors (Lipinski definition) is 3. The predicted octanol–water partition coefficient (Wildman–Crippen LogP) is 4.42. The van der Waals surface area contributed by atoms with E-state index >= 15 is 0 Å². The maximum Gasteiger partial charge on any atom is 0.220 e. The summed E-state index contributed by atoms with van der Waals surface area (Å²) in [6.45, 7) is -0.119. The van der Waals surface area contributed by atoms with E-state index in [-0.39, 0.29) is 6.61 Å². The number of fused-ring (bicyclic) bond motifs is 1. The molecule has 3 rings (SSSR count). The van der Waals surface area contributed by atoms with E-state index in [0.717, 1.165) is 10.9 Å². The number of aliphatic hydroxyl groups is 1. The van der Waals surface area contributed by atoms with Crippen molar-refractivity contribution < 1.29 is 14.2 Å². The van der Waals surface area contributed by atoms with Crippen LogP contribution in [0.2, 0.25) is 0 Å². The van der Waals surface area contributed by atoms with Gasteiger partial charge in [0.25, 0.3) is 0 Å². The summed E-state index contributed by atoms with van der Waals surface area (Å²) in [6.07, 6.45) is 0. The van der Waals surface area contributed by atoms with Gasteiger partial charge in [-0.05, 0) is 23.8 Å². The summed E-state index contributed by atoms with van der Waals surface area (Å²) in [5, 5.41) is 10.3. The zero-order valence-electron chi connectivity index (χ0n) is 10.9. The van der Waals surface area contributed by atoms with Crippen LogP contribution < -0.4 is 4.74 Å². The number of rotatable bonds is 3. The molecule has 3 nitrogen and oxygen atoms in total. The molecule has 0 aliphatic rings. The minimum absolute atomic E-state index is 0.119. The molecule has 21 heavy (non-hydrogen) atoms. The van der Waals surface area contributed by atoms with E-state index < -0.39 is 5.82 Å². The number of nitrogens with zero attached hydrogens (tertiary/aromatic N) is 1. The van der Waals surface area contributed by atoms with E-state index in [4.69, 9.17) is 4.74 Å². The molecule has 0 aliphatic carbocycles. The lowest BCUT2D eigenvalue weighted by molar-refractivity contribution is 0.282. The van der Waals surface area contributed by atoms with E-state index in [1.54, 1.807) is 12.1 Å². The van der Waals surface area contributed by atoms with Gasteiger partial charge in [-0.1, -0.05) is 34.1 Å². The third-order valence-corrected chi connectivity index (χ3v) is 3.47. The molecule has 3 aromatic rings. The molecule has 0 saturated heterocycles. The topological polar surface area (TPSA) is 42.4 Å². The Labute approximate surface area is 129 Å². The summed E-state index contributed by atoms with van der Waals surface area (Å²) in [5.41, 5.74) is 1.43. The third kappa shape index (κ3) is 3.04. The largest absolute Gasteiger partial charge is 0.439 e. The van der Waals surface area contributed by atoms with Crippen molar-refractivity contribution in [2.45, 2.75) is 6.61 Å². The van der Waals surface area contributed by atoms with Gasteiger partial charge in [-0.3, -0.25) is 0 Å². The van der Waals surface area contributed by atoms with Crippen molar-refractivity contribution in [3.63, 3.8) is 0 Å². The van der Waals surface area contributed by atoms with Crippen LogP contribution in [0.15, 0.2) is 53.0 Å². The Bertz CT molecular complexity index is 787. The fraction of sp³-hybridized carbons (Fsp3) is 0.0625. The molecule has 106 valence electrons. The van der Waals surface area contributed by atoms with E-state index in [1.807, 2.05) is 24.3 Å². The Kier molecular flexibility index (Phi) is 3.86. The Morgan fingerprint density at radius 2 is 1.95 bits per heavy atom. The van der Waals surface area contributed by atoms with Gasteiger partial charge in [0.15, 0.2) is 0 Å². The first-order valence-corrected chi connectivity index (χ1v) is 7.08. The second-order valence-electron chi connectivity index (χ2n) is 4.50. The molecule has 0 atom stereocenters. The Morgan fingerprint density at radius 1 is 1.14 bits per heavy atom. The molecule has 0 bridgehead atoms. The van der Waals surface area contributed by atoms with Gasteiger partial charge in [-0.15, -0.1) is 0 Å². The highest BCUT2D eigenvalue weighted by Crippen LogP contribution is 2.28. The number of aromatic nitrogens is 1. The molecule has 0 fully saturated rings. The predicted molar refractivity (Wildman–Crippen MR) is 81.8 cm³/mol. The van der Waals surface area contributed by atoms with Gasteiger partial charge in [0.2, 0.25) is 5.88 Å². The van der Waals surface area contributed by atoms with E-state index in [9.17, 15) is 9.50 Å². The van der Waals surface area contributed by atoms with E-state index in [0.29, 0.717) is 21.7 Å². The summed E-state index contributed by atoms with van der Waals surface area (Å²) in [5.74, 6) is 0.256. The molecule has 2 aromatic carbocycles. The SMILES string of the molecule is OCc1cc(Oc2cc(F)cc(Br)c2)nc2ccccc12. The van der Waals surface area contributed by atoms with Gasteiger partial charge in [-0.25, -0.2) is 9.37 Å². The fourth-order valence-corrected chi connectivity index (χ4v) is 2.56. The summed E-state index contributed by atoms with van der Waals surface area (Å²) >= 11 is 3.21. The number of ether oxygens (including phenoxy) is 1. The maximum absolute atomic E-state index is 13.4. The van der Waals surface area contributed by atoms with Crippen molar-refractivity contribution in [2.75, 3.05) is 0 Å². The molecule has 0 spiro atoms. The van der Waals surface area contributed by atoms with Crippen LogP contribution in [0.1, 0.15) is 5.56 Å². The first-order chi connectivity index (χ1) is 10.2. The number of pyridine rings is 1. The number of para-hydroxylation sites is 1. The number of aliphatic hydroxyl groups excluding tert-OH is 1. The van der Waals surface area contributed by atoms with Crippen LogP contribution in [0.4, 0.5) is 4.39 Å². The average molecular weight is 348 g/mol. The Morgan fingerprint density at radius 3 is 2.71 bits per heavy atom. The molecule has 0 radical (unpaired) electrons. The normalized spacial score (nSPS) is 10.8. The van der Waals surface area contributed by atoms with Gasteiger partial charge in [-0.2, -0.15) is 0 Å². The molecular formula is C16H11BrFNO2. The first-order valence-electron chi connectivity index (χ1n) is 6.29. The van der Waals surface area contributed by atoms with Crippen LogP contribution in [0.5, 0.6) is 11.6 Å². The van der Waals surface area contributed by atoms with Gasteiger partial charge in [0, 0.05) is 22.0 Å². The monoisotopic (exact) mass is 347 g/mol. The van der Waals surface area contributed by atoms with Gasteiger partial charge in [0.05, 0.1) is 12.1 Å². The first kappa shape index (κ1) is 14.0. The lowest BCUT2D eigenvalue weighted by atomic mass is 10.1. The lowest BCUT2D eigenvalue weighted by Gasteiger charge is -2.09. The van der Waals surface area contributed by atoms with Crippen molar-refractivity contribution in [2.24, 2.45) is 0 Å². The van der Waals surface area contributed by atoms with E-state index in [1.165, 1.54) is 12.1 Å². The Balaban J connectivity index is 2.04. The zero-order valence-corrected chi connectivity index (χ0v) is 12.5. The van der Waals surface area contributed by atoms with Crippen LogP contribution in [0.3, 0.4) is 0 Å². The number of halogens is 2. The highest BCUT2D eigenvalue weighted by molar-refractivity contribution is 9.10. The summed E-state index contributed by atoms with van der Waals surface area (Å²) in [6, 6.07) is 13.4. The van der Waals surface area contributed by atoms with Gasteiger partial charge < -0.3 is 9.84 Å². The van der Waals surface area contributed by atoms with Crippen LogP contribution in [-0.2, 0) is 6.61 Å². The molecule has 1 N–H and O–H groups in total. The molecule has 1 heterocycles. The van der Waals surface area contributed by atoms with Crippen molar-refractivity contribution >= 4 is 26.8 Å². The van der Waals surface area contributed by atoms with Gasteiger partial charge in [0.1, 0.15) is 11.6 Å². The maximum atomic E-state index is 13.4. The van der Waals surface area contributed by atoms with Crippen molar-refractivity contribution in [1.29, 1.82) is 0 Å². The van der Waals surface area contributed by atoms with Crippen LogP contribution in [-0.4, -0.2) is 10.1 Å². The highest BCUT2D eigenvalue weighted by atomic mass is 79.9. The minimum Gasteiger partial charge on any atom is -0.439 e. The summed E-state index contributed by atoms with van der Waals surface area (Å²) in [4.78, 5) is 4.37. The van der Waals surface area contributed by atoms with Crippen LogP contribution in [0.25, 0.3) is 10.9 Å². The fourth-order valence-electron chi connectivity index (χ4n) is 2.11. The lowest BCUT2D eigenvalue weighted by Crippen LogP contribution is -1.94. The van der Waals surface area contributed by atoms with Crippen molar-refractivity contribution in [3.05, 3.63) is 64.4 Å². The Hall–Kier alpha value is -1.98. The smallest absolute Gasteiger partial charge is 0.220 e. The molecule has 0 amide bonds. The standard InChI is InChI=1S/C16H11BrFNO2/c17-11-6-12(18)8-13(7-11)21-16-5-10(9-20)14-3-1-2-4-15(14)19-16/h1-8,20H,9H2. The van der Waals surface area contributed by atoms with E-state index in [2.05, 4.69) is 20.9 Å². The molecular weight excluding hydrogens is 337 g/mol. The molecule has 0 saturated carbocycles. The number of benzene rings is 2. The minimum atomic E-state index is -0.400. The molecule has 1 aromatic heterocycles. The molecule has 0 unspecified atom stereocenters. The summed E-state index contributed by atoms with van der Waals surface area (Å²) < 4.78 is 19.5. The number of hydrogen-bond donors (Lipinski definition) is 1. The molecule has 0 aliphatic heterocycles. The second kappa shape index (κ2) is 5.79. The zero-order chi connectivity index (χ0) is 14.8. The van der Waals surface area contributed by atoms with Crippen molar-refractivity contribution in [3.8, 4) is 11.6 Å². The average Bonchev–Trinajstić information content (AvgIpc) is 2.45.